The molecule has 0 radical (unpaired) electrons. The Labute approximate surface area is 108 Å². The van der Waals surface area contributed by atoms with Crippen LogP contribution in [0.15, 0.2) is 49.0 Å². The number of halogens is 3. The van der Waals surface area contributed by atoms with Crippen molar-refractivity contribution < 1.29 is 13.2 Å². The maximum absolute atomic E-state index is 12.1. The van der Waals surface area contributed by atoms with Gasteiger partial charge in [-0.1, -0.05) is 43.0 Å². The SMILES string of the molecule is C=C(CSC(F)(F)F)c1ccc2ccccc2c1. The third-order valence-electron chi connectivity index (χ3n) is 2.57. The summed E-state index contributed by atoms with van der Waals surface area (Å²) in [5, 5.41) is 2.07. The fraction of sp³-hybridized carbons (Fsp3) is 0.143. The minimum Gasteiger partial charge on any atom is -0.160 e. The van der Waals surface area contributed by atoms with Crippen LogP contribution in [0.25, 0.3) is 16.3 Å². The van der Waals surface area contributed by atoms with Crippen LogP contribution in [0.4, 0.5) is 13.2 Å². The van der Waals surface area contributed by atoms with E-state index in [1.54, 1.807) is 0 Å². The summed E-state index contributed by atoms with van der Waals surface area (Å²) >= 11 is -0.0576. The highest BCUT2D eigenvalue weighted by molar-refractivity contribution is 8.00. The predicted molar refractivity (Wildman–Crippen MR) is 71.5 cm³/mol. The second-order valence-corrected chi connectivity index (χ2v) is 4.94. The highest BCUT2D eigenvalue weighted by atomic mass is 32.2. The average molecular weight is 268 g/mol. The number of hydrogen-bond donors (Lipinski definition) is 0. The Kier molecular flexibility index (Phi) is 3.66. The lowest BCUT2D eigenvalue weighted by molar-refractivity contribution is -0.0325. The van der Waals surface area contributed by atoms with E-state index >= 15 is 0 Å². The van der Waals surface area contributed by atoms with Crippen LogP contribution in [-0.2, 0) is 0 Å². The maximum atomic E-state index is 12.1. The van der Waals surface area contributed by atoms with Crippen LogP contribution in [0.1, 0.15) is 5.56 Å². The van der Waals surface area contributed by atoms with Gasteiger partial charge in [-0.25, -0.2) is 0 Å². The summed E-state index contributed by atoms with van der Waals surface area (Å²) < 4.78 is 36.3. The van der Waals surface area contributed by atoms with Crippen molar-refractivity contribution in [1.82, 2.24) is 0 Å². The van der Waals surface area contributed by atoms with Gasteiger partial charge in [-0.15, -0.1) is 0 Å². The molecule has 0 fully saturated rings. The Hall–Kier alpha value is -1.42. The Bertz CT molecular complexity index is 573. The molecule has 2 rings (SSSR count). The largest absolute Gasteiger partial charge is 0.442 e. The summed E-state index contributed by atoms with van der Waals surface area (Å²) in [7, 11) is 0. The lowest BCUT2D eigenvalue weighted by Crippen LogP contribution is -2.02. The predicted octanol–water partition coefficient (Wildman–Crippen LogP) is 5.11. The highest BCUT2D eigenvalue weighted by Gasteiger charge is 2.28. The third kappa shape index (κ3) is 3.29. The topological polar surface area (TPSA) is 0 Å². The molecule has 18 heavy (non-hydrogen) atoms. The van der Waals surface area contributed by atoms with Crippen LogP contribution in [-0.4, -0.2) is 11.3 Å². The van der Waals surface area contributed by atoms with Crippen molar-refractivity contribution in [2.45, 2.75) is 5.51 Å². The van der Waals surface area contributed by atoms with E-state index in [0.717, 1.165) is 16.3 Å². The first-order chi connectivity index (χ1) is 8.46. The van der Waals surface area contributed by atoms with Gasteiger partial charge >= 0.3 is 5.51 Å². The van der Waals surface area contributed by atoms with Gasteiger partial charge in [0.1, 0.15) is 0 Å². The lowest BCUT2D eigenvalue weighted by Gasteiger charge is -2.09. The number of fused-ring (bicyclic) bond motifs is 1. The van der Waals surface area contributed by atoms with Gasteiger partial charge < -0.3 is 0 Å². The number of alkyl halides is 3. The molecule has 2 aromatic rings. The first kappa shape index (κ1) is 13.0. The Morgan fingerprint density at radius 2 is 1.72 bits per heavy atom. The molecule has 0 atom stereocenters. The number of hydrogen-bond acceptors (Lipinski definition) is 1. The molecule has 0 aliphatic heterocycles. The minimum atomic E-state index is -4.21. The Morgan fingerprint density at radius 3 is 2.39 bits per heavy atom. The molecule has 2 aromatic carbocycles. The van der Waals surface area contributed by atoms with Crippen molar-refractivity contribution in [1.29, 1.82) is 0 Å². The van der Waals surface area contributed by atoms with Gasteiger partial charge in [-0.2, -0.15) is 13.2 Å². The average Bonchev–Trinajstić information content (AvgIpc) is 2.34. The van der Waals surface area contributed by atoms with E-state index in [1.165, 1.54) is 0 Å². The van der Waals surface area contributed by atoms with Crippen molar-refractivity contribution in [2.75, 3.05) is 5.75 Å². The molecule has 0 amide bonds. The van der Waals surface area contributed by atoms with Crippen molar-refractivity contribution in [3.05, 3.63) is 54.6 Å². The fourth-order valence-electron chi connectivity index (χ4n) is 1.66. The number of thioether (sulfide) groups is 1. The highest BCUT2D eigenvalue weighted by Crippen LogP contribution is 2.33. The molecule has 0 aliphatic rings. The van der Waals surface area contributed by atoms with Gasteiger partial charge in [-0.3, -0.25) is 0 Å². The van der Waals surface area contributed by atoms with Crippen LogP contribution in [0.2, 0.25) is 0 Å². The normalized spacial score (nSPS) is 11.7. The van der Waals surface area contributed by atoms with Gasteiger partial charge in [0, 0.05) is 5.75 Å². The molecular weight excluding hydrogens is 257 g/mol. The zero-order chi connectivity index (χ0) is 13.2. The summed E-state index contributed by atoms with van der Waals surface area (Å²) in [5.74, 6) is -0.137. The zero-order valence-corrected chi connectivity index (χ0v) is 10.3. The quantitative estimate of drug-likeness (QED) is 0.745. The second-order valence-electron chi connectivity index (χ2n) is 3.90. The molecule has 0 bridgehead atoms. The molecule has 0 heterocycles. The van der Waals surface area contributed by atoms with Gasteiger partial charge in [0.2, 0.25) is 0 Å². The van der Waals surface area contributed by atoms with E-state index in [9.17, 15) is 13.2 Å². The first-order valence-corrected chi connectivity index (χ1v) is 6.32. The van der Waals surface area contributed by atoms with E-state index in [-0.39, 0.29) is 17.5 Å². The van der Waals surface area contributed by atoms with Crippen molar-refractivity contribution >= 4 is 28.1 Å². The van der Waals surface area contributed by atoms with E-state index in [4.69, 9.17) is 0 Å². The fourth-order valence-corrected chi connectivity index (χ4v) is 2.17. The Morgan fingerprint density at radius 1 is 1.06 bits per heavy atom. The zero-order valence-electron chi connectivity index (χ0n) is 9.50. The molecular formula is C14H11F3S. The monoisotopic (exact) mass is 268 g/mol. The summed E-state index contributed by atoms with van der Waals surface area (Å²) in [5.41, 5.74) is -2.96. The summed E-state index contributed by atoms with van der Waals surface area (Å²) in [6.07, 6.45) is 0. The van der Waals surface area contributed by atoms with Crippen LogP contribution >= 0.6 is 11.8 Å². The molecule has 0 aromatic heterocycles. The molecule has 94 valence electrons. The van der Waals surface area contributed by atoms with Crippen molar-refractivity contribution in [3.8, 4) is 0 Å². The van der Waals surface area contributed by atoms with Crippen LogP contribution in [0.3, 0.4) is 0 Å². The maximum Gasteiger partial charge on any atom is 0.442 e. The van der Waals surface area contributed by atoms with Crippen LogP contribution in [0.5, 0.6) is 0 Å². The Balaban J connectivity index is 2.18. The summed E-state index contributed by atoms with van der Waals surface area (Å²) in [4.78, 5) is 0. The summed E-state index contributed by atoms with van der Waals surface area (Å²) in [6, 6.07) is 13.3. The molecule has 0 unspecified atom stereocenters. The van der Waals surface area contributed by atoms with E-state index in [2.05, 4.69) is 6.58 Å². The van der Waals surface area contributed by atoms with Gasteiger partial charge in [0.05, 0.1) is 0 Å². The second kappa shape index (κ2) is 5.06. The van der Waals surface area contributed by atoms with Crippen LogP contribution < -0.4 is 0 Å². The molecule has 0 aliphatic carbocycles. The van der Waals surface area contributed by atoms with Crippen molar-refractivity contribution in [2.24, 2.45) is 0 Å². The number of benzene rings is 2. The third-order valence-corrected chi connectivity index (χ3v) is 3.39. The lowest BCUT2D eigenvalue weighted by atomic mass is 10.0. The molecule has 0 saturated heterocycles. The van der Waals surface area contributed by atoms with E-state index < -0.39 is 5.51 Å². The van der Waals surface area contributed by atoms with E-state index in [0.29, 0.717) is 5.57 Å². The molecule has 0 saturated carbocycles. The molecule has 0 nitrogen and oxygen atoms in total. The molecule has 0 N–H and O–H groups in total. The van der Waals surface area contributed by atoms with Gasteiger partial charge in [-0.05, 0) is 39.7 Å². The van der Waals surface area contributed by atoms with E-state index in [1.807, 2.05) is 42.5 Å². The smallest absolute Gasteiger partial charge is 0.160 e. The van der Waals surface area contributed by atoms with Gasteiger partial charge in [0.15, 0.2) is 0 Å². The molecule has 4 heteroatoms. The standard InChI is InChI=1S/C14H11F3S/c1-10(9-18-14(15,16)17)12-7-6-11-4-2-3-5-13(11)8-12/h2-8H,1,9H2. The number of rotatable bonds is 3. The first-order valence-electron chi connectivity index (χ1n) is 5.33. The van der Waals surface area contributed by atoms with Gasteiger partial charge in [0.25, 0.3) is 0 Å². The van der Waals surface area contributed by atoms with Crippen molar-refractivity contribution in [3.63, 3.8) is 0 Å². The van der Waals surface area contributed by atoms with Crippen LogP contribution in [0, 0.1) is 0 Å². The minimum absolute atomic E-state index is 0.0576. The molecule has 0 spiro atoms. The summed E-state index contributed by atoms with van der Waals surface area (Å²) in [6.45, 7) is 3.71.